The number of hydrogen-bond acceptors (Lipinski definition) is 4. The van der Waals surface area contributed by atoms with Crippen LogP contribution in [0.2, 0.25) is 0 Å². The summed E-state index contributed by atoms with van der Waals surface area (Å²) in [7, 11) is 0. The summed E-state index contributed by atoms with van der Waals surface area (Å²) in [5.74, 6) is 2.49. The molecule has 3 atom stereocenters. The van der Waals surface area contributed by atoms with Crippen molar-refractivity contribution in [2.75, 3.05) is 13.1 Å². The monoisotopic (exact) mass is 235 g/mol. The fourth-order valence-corrected chi connectivity index (χ4v) is 3.45. The first-order chi connectivity index (χ1) is 8.22. The second-order valence-electron chi connectivity index (χ2n) is 5.65. The topological polar surface area (TPSA) is 55.3 Å². The molecule has 0 amide bonds. The Balaban J connectivity index is 1.63. The first-order valence-electron chi connectivity index (χ1n) is 6.62. The molecule has 4 nitrogen and oxygen atoms in total. The Morgan fingerprint density at radius 3 is 3.06 bits per heavy atom. The van der Waals surface area contributed by atoms with Crippen LogP contribution in [0.15, 0.2) is 10.6 Å². The molecular weight excluding hydrogens is 214 g/mol. The van der Waals surface area contributed by atoms with Gasteiger partial charge in [-0.1, -0.05) is 11.6 Å². The SMILES string of the molecule is Cc1cc(CN2CC3CCCC(N)C3C2)on1. The van der Waals surface area contributed by atoms with Crippen LogP contribution in [0.4, 0.5) is 0 Å². The number of fused-ring (bicyclic) bond motifs is 1. The van der Waals surface area contributed by atoms with Crippen LogP contribution in [0.3, 0.4) is 0 Å². The molecule has 2 N–H and O–H groups in total. The molecule has 3 unspecified atom stereocenters. The molecule has 2 fully saturated rings. The van der Waals surface area contributed by atoms with Crippen molar-refractivity contribution in [2.24, 2.45) is 17.6 Å². The van der Waals surface area contributed by atoms with Gasteiger partial charge in [0, 0.05) is 25.2 Å². The van der Waals surface area contributed by atoms with Crippen LogP contribution >= 0.6 is 0 Å². The summed E-state index contributed by atoms with van der Waals surface area (Å²) in [5.41, 5.74) is 7.18. The predicted molar refractivity (Wildman–Crippen MR) is 65.3 cm³/mol. The third kappa shape index (κ3) is 2.24. The highest BCUT2D eigenvalue weighted by Gasteiger charge is 2.38. The summed E-state index contributed by atoms with van der Waals surface area (Å²) in [4.78, 5) is 2.47. The van der Waals surface area contributed by atoms with Gasteiger partial charge in [-0.3, -0.25) is 4.90 Å². The Morgan fingerprint density at radius 1 is 1.47 bits per heavy atom. The average Bonchev–Trinajstić information content (AvgIpc) is 2.86. The Bertz CT molecular complexity index is 390. The van der Waals surface area contributed by atoms with Gasteiger partial charge in [0.1, 0.15) is 0 Å². The van der Waals surface area contributed by atoms with E-state index in [1.54, 1.807) is 0 Å². The van der Waals surface area contributed by atoms with Crippen molar-refractivity contribution >= 4 is 0 Å². The zero-order valence-corrected chi connectivity index (χ0v) is 10.4. The Morgan fingerprint density at radius 2 is 2.35 bits per heavy atom. The molecule has 0 aromatic carbocycles. The van der Waals surface area contributed by atoms with Crippen molar-refractivity contribution in [3.63, 3.8) is 0 Å². The summed E-state index contributed by atoms with van der Waals surface area (Å²) >= 11 is 0. The van der Waals surface area contributed by atoms with Gasteiger partial charge in [-0.2, -0.15) is 0 Å². The zero-order valence-electron chi connectivity index (χ0n) is 10.4. The molecule has 1 aromatic rings. The highest BCUT2D eigenvalue weighted by Crippen LogP contribution is 2.35. The minimum Gasteiger partial charge on any atom is -0.360 e. The Kier molecular flexibility index (Phi) is 2.92. The lowest BCUT2D eigenvalue weighted by atomic mass is 9.78. The Hall–Kier alpha value is -0.870. The first-order valence-corrected chi connectivity index (χ1v) is 6.62. The lowest BCUT2D eigenvalue weighted by molar-refractivity contribution is 0.255. The van der Waals surface area contributed by atoms with E-state index in [1.165, 1.54) is 25.8 Å². The van der Waals surface area contributed by atoms with Gasteiger partial charge in [-0.05, 0) is 31.6 Å². The molecule has 1 aliphatic heterocycles. The first kappa shape index (κ1) is 11.2. The van der Waals surface area contributed by atoms with Crippen molar-refractivity contribution in [1.29, 1.82) is 0 Å². The normalized spacial score (nSPS) is 33.9. The third-order valence-corrected chi connectivity index (χ3v) is 4.29. The number of aromatic nitrogens is 1. The number of nitrogens with zero attached hydrogens (tertiary/aromatic N) is 2. The molecule has 2 aliphatic rings. The van der Waals surface area contributed by atoms with Crippen LogP contribution < -0.4 is 5.73 Å². The van der Waals surface area contributed by atoms with Crippen LogP contribution in [-0.4, -0.2) is 29.2 Å². The number of likely N-dealkylation sites (tertiary alicyclic amines) is 1. The van der Waals surface area contributed by atoms with Crippen LogP contribution in [0.5, 0.6) is 0 Å². The molecular formula is C13H21N3O. The molecule has 0 bridgehead atoms. The molecule has 0 spiro atoms. The average molecular weight is 235 g/mol. The predicted octanol–water partition coefficient (Wildman–Crippen LogP) is 1.54. The molecule has 1 aromatic heterocycles. The largest absolute Gasteiger partial charge is 0.360 e. The summed E-state index contributed by atoms with van der Waals surface area (Å²) in [6.45, 7) is 5.16. The fourth-order valence-electron chi connectivity index (χ4n) is 3.45. The summed E-state index contributed by atoms with van der Waals surface area (Å²) < 4.78 is 5.28. The second kappa shape index (κ2) is 4.42. The molecule has 3 rings (SSSR count). The van der Waals surface area contributed by atoms with E-state index in [0.29, 0.717) is 12.0 Å². The lowest BCUT2D eigenvalue weighted by Gasteiger charge is -2.29. The Labute approximate surface area is 102 Å². The standard InChI is InChI=1S/C13H21N3O/c1-9-5-11(17-15-9)7-16-6-10-3-2-4-13(14)12(10)8-16/h5,10,12-13H,2-4,6-8,14H2,1H3. The van der Waals surface area contributed by atoms with Crippen LogP contribution in [0.1, 0.15) is 30.7 Å². The zero-order chi connectivity index (χ0) is 11.8. The van der Waals surface area contributed by atoms with E-state index in [9.17, 15) is 0 Å². The van der Waals surface area contributed by atoms with Gasteiger partial charge in [-0.25, -0.2) is 0 Å². The summed E-state index contributed by atoms with van der Waals surface area (Å²) in [6.07, 6.45) is 3.86. The van der Waals surface area contributed by atoms with Crippen LogP contribution in [0.25, 0.3) is 0 Å². The quantitative estimate of drug-likeness (QED) is 0.845. The highest BCUT2D eigenvalue weighted by atomic mass is 16.5. The molecule has 2 heterocycles. The summed E-state index contributed by atoms with van der Waals surface area (Å²) in [6, 6.07) is 2.44. The smallest absolute Gasteiger partial charge is 0.150 e. The molecule has 1 saturated heterocycles. The van der Waals surface area contributed by atoms with Crippen LogP contribution in [-0.2, 0) is 6.54 Å². The van der Waals surface area contributed by atoms with E-state index >= 15 is 0 Å². The van der Waals surface area contributed by atoms with Crippen molar-refractivity contribution in [3.8, 4) is 0 Å². The molecule has 1 saturated carbocycles. The number of hydrogen-bond donors (Lipinski definition) is 1. The summed E-state index contributed by atoms with van der Waals surface area (Å²) in [5, 5.41) is 3.94. The van der Waals surface area contributed by atoms with Crippen molar-refractivity contribution in [2.45, 2.75) is 38.8 Å². The van der Waals surface area contributed by atoms with Gasteiger partial charge >= 0.3 is 0 Å². The van der Waals surface area contributed by atoms with E-state index in [1.807, 2.05) is 13.0 Å². The molecule has 1 aliphatic carbocycles. The maximum Gasteiger partial charge on any atom is 0.150 e. The molecule has 0 radical (unpaired) electrons. The second-order valence-corrected chi connectivity index (χ2v) is 5.65. The van der Waals surface area contributed by atoms with Gasteiger partial charge in [0.15, 0.2) is 5.76 Å². The van der Waals surface area contributed by atoms with Gasteiger partial charge in [0.2, 0.25) is 0 Å². The maximum absolute atomic E-state index is 6.22. The molecule has 17 heavy (non-hydrogen) atoms. The van der Waals surface area contributed by atoms with Crippen molar-refractivity contribution < 1.29 is 4.52 Å². The minimum absolute atomic E-state index is 0.412. The van der Waals surface area contributed by atoms with E-state index in [0.717, 1.165) is 30.5 Å². The number of aryl methyl sites for hydroxylation is 1. The minimum atomic E-state index is 0.412. The van der Waals surface area contributed by atoms with E-state index < -0.39 is 0 Å². The van der Waals surface area contributed by atoms with E-state index in [-0.39, 0.29) is 0 Å². The molecule has 94 valence electrons. The van der Waals surface area contributed by atoms with Gasteiger partial charge in [0.25, 0.3) is 0 Å². The van der Waals surface area contributed by atoms with Crippen molar-refractivity contribution in [3.05, 3.63) is 17.5 Å². The maximum atomic E-state index is 6.22. The molecule has 4 heteroatoms. The van der Waals surface area contributed by atoms with E-state index in [2.05, 4.69) is 10.1 Å². The van der Waals surface area contributed by atoms with Crippen LogP contribution in [0, 0.1) is 18.8 Å². The number of nitrogens with two attached hydrogens (primary N) is 1. The third-order valence-electron chi connectivity index (χ3n) is 4.29. The van der Waals surface area contributed by atoms with Crippen molar-refractivity contribution in [1.82, 2.24) is 10.1 Å². The fraction of sp³-hybridized carbons (Fsp3) is 0.769. The van der Waals surface area contributed by atoms with Gasteiger partial charge in [-0.15, -0.1) is 0 Å². The van der Waals surface area contributed by atoms with E-state index in [4.69, 9.17) is 10.3 Å². The van der Waals surface area contributed by atoms with Gasteiger partial charge < -0.3 is 10.3 Å². The highest BCUT2D eigenvalue weighted by molar-refractivity contribution is 5.04. The lowest BCUT2D eigenvalue weighted by Crippen LogP contribution is -2.38. The number of rotatable bonds is 2. The van der Waals surface area contributed by atoms with Gasteiger partial charge in [0.05, 0.1) is 12.2 Å².